The van der Waals surface area contributed by atoms with Crippen LogP contribution in [0.25, 0.3) is 0 Å². The normalized spacial score (nSPS) is 20.1. The minimum Gasteiger partial charge on any atom is -0.497 e. The average molecular weight is 251 g/mol. The number of rotatable bonds is 5. The maximum absolute atomic E-state index is 9.34. The molecule has 1 fully saturated rings. The van der Waals surface area contributed by atoms with Crippen LogP contribution in [0.5, 0.6) is 11.5 Å². The number of likely N-dealkylation sites (tertiary alicyclic amines) is 1. The maximum atomic E-state index is 9.34. The first kappa shape index (κ1) is 13.2. The van der Waals surface area contributed by atoms with Crippen molar-refractivity contribution in [3.8, 4) is 11.5 Å². The molecular formula is C14H21NO3. The topological polar surface area (TPSA) is 41.9 Å². The van der Waals surface area contributed by atoms with Gasteiger partial charge in [-0.3, -0.25) is 4.90 Å². The molecule has 0 spiro atoms. The Kier molecular flexibility index (Phi) is 4.44. The van der Waals surface area contributed by atoms with Gasteiger partial charge in [0.05, 0.1) is 20.8 Å². The summed E-state index contributed by atoms with van der Waals surface area (Å²) in [5.74, 6) is 1.71. The zero-order chi connectivity index (χ0) is 13.0. The third-order valence-electron chi connectivity index (χ3n) is 3.57. The molecule has 18 heavy (non-hydrogen) atoms. The van der Waals surface area contributed by atoms with Gasteiger partial charge in [-0.15, -0.1) is 0 Å². The molecule has 1 saturated heterocycles. The number of benzene rings is 1. The van der Waals surface area contributed by atoms with E-state index in [4.69, 9.17) is 9.47 Å². The summed E-state index contributed by atoms with van der Waals surface area (Å²) in [5, 5.41) is 9.34. The van der Waals surface area contributed by atoms with Crippen molar-refractivity contribution in [3.63, 3.8) is 0 Å². The fourth-order valence-electron chi connectivity index (χ4n) is 2.53. The van der Waals surface area contributed by atoms with Gasteiger partial charge < -0.3 is 14.6 Å². The highest BCUT2D eigenvalue weighted by Gasteiger charge is 2.24. The van der Waals surface area contributed by atoms with Gasteiger partial charge in [0.25, 0.3) is 0 Å². The van der Waals surface area contributed by atoms with Crippen molar-refractivity contribution < 1.29 is 14.6 Å². The molecule has 1 aliphatic rings. The van der Waals surface area contributed by atoms with Crippen molar-refractivity contribution in [2.45, 2.75) is 25.4 Å². The third kappa shape index (κ3) is 2.76. The Bertz CT molecular complexity index is 395. The second kappa shape index (κ2) is 6.07. The van der Waals surface area contributed by atoms with Crippen LogP contribution in [0.3, 0.4) is 0 Å². The second-order valence-electron chi connectivity index (χ2n) is 4.63. The van der Waals surface area contributed by atoms with Gasteiger partial charge in [0.15, 0.2) is 0 Å². The zero-order valence-electron chi connectivity index (χ0n) is 11.1. The maximum Gasteiger partial charge on any atom is 0.123 e. The first-order valence-corrected chi connectivity index (χ1v) is 6.34. The first-order chi connectivity index (χ1) is 8.78. The van der Waals surface area contributed by atoms with Crippen molar-refractivity contribution in [1.29, 1.82) is 0 Å². The number of methoxy groups -OCH3 is 2. The van der Waals surface area contributed by atoms with Crippen LogP contribution in [-0.4, -0.2) is 43.4 Å². The molecule has 100 valence electrons. The standard InChI is InChI=1S/C14H21NO3/c1-17-13-5-6-14(18-2)11(8-13)9-15-7-3-4-12(15)10-16/h5-6,8,12,16H,3-4,7,9-10H2,1-2H3/t12-/m0/s1. The van der Waals surface area contributed by atoms with Gasteiger partial charge in [-0.25, -0.2) is 0 Å². The Morgan fingerprint density at radius 3 is 2.83 bits per heavy atom. The van der Waals surface area contributed by atoms with Crippen LogP contribution in [-0.2, 0) is 6.54 Å². The van der Waals surface area contributed by atoms with Gasteiger partial charge in [0, 0.05) is 18.2 Å². The molecule has 1 N–H and O–H groups in total. The Hall–Kier alpha value is -1.26. The van der Waals surface area contributed by atoms with Crippen molar-refractivity contribution >= 4 is 0 Å². The van der Waals surface area contributed by atoms with Crippen molar-refractivity contribution in [2.24, 2.45) is 0 Å². The minimum atomic E-state index is 0.228. The molecule has 0 radical (unpaired) electrons. The van der Waals surface area contributed by atoms with Gasteiger partial charge in [0.1, 0.15) is 11.5 Å². The summed E-state index contributed by atoms with van der Waals surface area (Å²) in [4.78, 5) is 2.30. The van der Waals surface area contributed by atoms with Crippen LogP contribution < -0.4 is 9.47 Å². The monoisotopic (exact) mass is 251 g/mol. The number of hydrogen-bond donors (Lipinski definition) is 1. The molecule has 0 amide bonds. The summed E-state index contributed by atoms with van der Waals surface area (Å²) in [6.45, 7) is 2.06. The summed E-state index contributed by atoms with van der Waals surface area (Å²) >= 11 is 0. The number of nitrogens with zero attached hydrogens (tertiary/aromatic N) is 1. The highest BCUT2D eigenvalue weighted by Crippen LogP contribution is 2.28. The molecule has 1 heterocycles. The Balaban J connectivity index is 2.16. The van der Waals surface area contributed by atoms with E-state index in [2.05, 4.69) is 4.90 Å². The number of hydrogen-bond acceptors (Lipinski definition) is 4. The molecule has 1 aromatic rings. The van der Waals surface area contributed by atoms with Gasteiger partial charge in [0.2, 0.25) is 0 Å². The number of aliphatic hydroxyl groups excluding tert-OH is 1. The average Bonchev–Trinajstić information content (AvgIpc) is 2.86. The van der Waals surface area contributed by atoms with Crippen LogP contribution in [0.1, 0.15) is 18.4 Å². The molecule has 1 aliphatic heterocycles. The summed E-state index contributed by atoms with van der Waals surface area (Å²) in [6.07, 6.45) is 2.22. The van der Waals surface area contributed by atoms with E-state index in [0.717, 1.165) is 43.0 Å². The van der Waals surface area contributed by atoms with E-state index in [9.17, 15) is 5.11 Å². The van der Waals surface area contributed by atoms with Crippen LogP contribution in [0, 0.1) is 0 Å². The lowest BCUT2D eigenvalue weighted by atomic mass is 10.1. The summed E-state index contributed by atoms with van der Waals surface area (Å²) < 4.78 is 10.6. The quantitative estimate of drug-likeness (QED) is 0.864. The Labute approximate surface area is 108 Å². The molecule has 0 aromatic heterocycles. The summed E-state index contributed by atoms with van der Waals surface area (Å²) in [7, 11) is 3.34. The van der Waals surface area contributed by atoms with Gasteiger partial charge in [-0.05, 0) is 37.6 Å². The highest BCUT2D eigenvalue weighted by molar-refractivity contribution is 5.40. The SMILES string of the molecule is COc1ccc(OC)c(CN2CCC[C@H]2CO)c1. The van der Waals surface area contributed by atoms with E-state index < -0.39 is 0 Å². The van der Waals surface area contributed by atoms with Crippen LogP contribution in [0.2, 0.25) is 0 Å². The van der Waals surface area contributed by atoms with Gasteiger partial charge in [-0.1, -0.05) is 0 Å². The van der Waals surface area contributed by atoms with Gasteiger partial charge in [-0.2, -0.15) is 0 Å². The van der Waals surface area contributed by atoms with E-state index in [1.54, 1.807) is 14.2 Å². The smallest absolute Gasteiger partial charge is 0.123 e. The number of aliphatic hydroxyl groups is 1. The summed E-state index contributed by atoms with van der Waals surface area (Å²) in [5.41, 5.74) is 1.11. The lowest BCUT2D eigenvalue weighted by Gasteiger charge is -2.23. The minimum absolute atomic E-state index is 0.228. The largest absolute Gasteiger partial charge is 0.497 e. The van der Waals surface area contributed by atoms with E-state index in [0.29, 0.717) is 0 Å². The van der Waals surface area contributed by atoms with Crippen molar-refractivity contribution in [1.82, 2.24) is 4.90 Å². The van der Waals surface area contributed by atoms with E-state index >= 15 is 0 Å². The van der Waals surface area contributed by atoms with Crippen LogP contribution in [0.15, 0.2) is 18.2 Å². The predicted octanol–water partition coefficient (Wildman–Crippen LogP) is 1.66. The van der Waals surface area contributed by atoms with E-state index in [1.165, 1.54) is 0 Å². The molecule has 1 aromatic carbocycles. The molecule has 1 atom stereocenters. The van der Waals surface area contributed by atoms with Crippen molar-refractivity contribution in [2.75, 3.05) is 27.4 Å². The highest BCUT2D eigenvalue weighted by atomic mass is 16.5. The Morgan fingerprint density at radius 1 is 1.33 bits per heavy atom. The second-order valence-corrected chi connectivity index (χ2v) is 4.63. The molecule has 4 heteroatoms. The Morgan fingerprint density at radius 2 is 2.17 bits per heavy atom. The van der Waals surface area contributed by atoms with Crippen LogP contribution >= 0.6 is 0 Å². The molecule has 2 rings (SSSR count). The lowest BCUT2D eigenvalue weighted by Crippen LogP contribution is -2.31. The third-order valence-corrected chi connectivity index (χ3v) is 3.57. The molecule has 0 unspecified atom stereocenters. The molecular weight excluding hydrogens is 230 g/mol. The van der Waals surface area contributed by atoms with E-state index in [-0.39, 0.29) is 12.6 Å². The molecule has 4 nitrogen and oxygen atoms in total. The van der Waals surface area contributed by atoms with Crippen molar-refractivity contribution in [3.05, 3.63) is 23.8 Å². The fraction of sp³-hybridized carbons (Fsp3) is 0.571. The fourth-order valence-corrected chi connectivity index (χ4v) is 2.53. The lowest BCUT2D eigenvalue weighted by molar-refractivity contribution is 0.152. The molecule has 0 aliphatic carbocycles. The first-order valence-electron chi connectivity index (χ1n) is 6.34. The van der Waals surface area contributed by atoms with E-state index in [1.807, 2.05) is 18.2 Å². The van der Waals surface area contributed by atoms with Crippen LogP contribution in [0.4, 0.5) is 0 Å². The molecule has 0 saturated carbocycles. The predicted molar refractivity (Wildman–Crippen MR) is 70.1 cm³/mol. The summed E-state index contributed by atoms with van der Waals surface area (Å²) in [6, 6.07) is 6.11. The number of ether oxygens (including phenoxy) is 2. The zero-order valence-corrected chi connectivity index (χ0v) is 11.1. The molecule has 0 bridgehead atoms. The van der Waals surface area contributed by atoms with Gasteiger partial charge >= 0.3 is 0 Å².